The zero-order valence-corrected chi connectivity index (χ0v) is 11.1. The van der Waals surface area contributed by atoms with Gasteiger partial charge in [-0.05, 0) is 30.9 Å². The summed E-state index contributed by atoms with van der Waals surface area (Å²) in [6.07, 6.45) is 0. The summed E-state index contributed by atoms with van der Waals surface area (Å²) in [4.78, 5) is 11.1. The number of rotatable bonds is 4. The monoisotopic (exact) mass is 236 g/mol. The van der Waals surface area contributed by atoms with Crippen molar-refractivity contribution >= 4 is 5.97 Å². The van der Waals surface area contributed by atoms with E-state index in [1.54, 1.807) is 14.0 Å². The number of aliphatic carboxylic acids is 1. The molecule has 0 fully saturated rings. The normalized spacial score (nSPS) is 12.6. The molecule has 0 aliphatic heterocycles. The lowest BCUT2D eigenvalue weighted by molar-refractivity contribution is -0.138. The number of hydrogen-bond acceptors (Lipinski definition) is 2. The highest BCUT2D eigenvalue weighted by atomic mass is 16.5. The molecule has 94 valence electrons. The van der Waals surface area contributed by atoms with E-state index in [9.17, 15) is 4.79 Å². The quantitative estimate of drug-likeness (QED) is 0.872. The van der Waals surface area contributed by atoms with Crippen LogP contribution >= 0.6 is 0 Å². The fourth-order valence-corrected chi connectivity index (χ4v) is 2.06. The van der Waals surface area contributed by atoms with Gasteiger partial charge >= 0.3 is 5.97 Å². The minimum Gasteiger partial charge on any atom is -0.496 e. The Bertz CT molecular complexity index is 422. The molecule has 0 bridgehead atoms. The van der Waals surface area contributed by atoms with Crippen molar-refractivity contribution in [1.82, 2.24) is 0 Å². The topological polar surface area (TPSA) is 46.5 Å². The van der Waals surface area contributed by atoms with Gasteiger partial charge in [-0.15, -0.1) is 0 Å². The van der Waals surface area contributed by atoms with Gasteiger partial charge in [0.2, 0.25) is 0 Å². The first-order valence-electron chi connectivity index (χ1n) is 5.80. The van der Waals surface area contributed by atoms with Gasteiger partial charge in [0.05, 0.1) is 13.0 Å². The Hall–Kier alpha value is -1.51. The summed E-state index contributed by atoms with van der Waals surface area (Å²) in [6.45, 7) is 7.75. The molecule has 0 aliphatic rings. The first kappa shape index (κ1) is 13.6. The van der Waals surface area contributed by atoms with Crippen molar-refractivity contribution in [2.45, 2.75) is 39.5 Å². The lowest BCUT2D eigenvalue weighted by Gasteiger charge is -2.20. The fraction of sp³-hybridized carbons (Fsp3) is 0.500. The molecular formula is C14H20O3. The van der Waals surface area contributed by atoms with Crippen LogP contribution < -0.4 is 4.74 Å². The fourth-order valence-electron chi connectivity index (χ4n) is 2.06. The average molecular weight is 236 g/mol. The van der Waals surface area contributed by atoms with Crippen LogP contribution in [0.25, 0.3) is 0 Å². The van der Waals surface area contributed by atoms with Gasteiger partial charge in [0.1, 0.15) is 5.75 Å². The van der Waals surface area contributed by atoms with E-state index in [0.29, 0.717) is 5.92 Å². The number of ether oxygens (including phenoxy) is 1. The van der Waals surface area contributed by atoms with Crippen molar-refractivity contribution in [3.63, 3.8) is 0 Å². The number of carbonyl (C=O) groups is 1. The molecule has 1 N–H and O–H groups in total. The molecule has 3 nitrogen and oxygen atoms in total. The highest BCUT2D eigenvalue weighted by Gasteiger charge is 2.23. The number of carboxylic acid groups (broad SMARTS) is 1. The van der Waals surface area contributed by atoms with Crippen LogP contribution in [0.15, 0.2) is 12.1 Å². The number of carboxylic acids is 1. The van der Waals surface area contributed by atoms with Crippen LogP contribution in [0.3, 0.4) is 0 Å². The van der Waals surface area contributed by atoms with Crippen molar-refractivity contribution < 1.29 is 14.6 Å². The van der Waals surface area contributed by atoms with Gasteiger partial charge in [0.15, 0.2) is 0 Å². The third-order valence-corrected chi connectivity index (χ3v) is 3.07. The number of aryl methyl sites for hydroxylation is 1. The van der Waals surface area contributed by atoms with E-state index in [1.165, 1.54) is 0 Å². The van der Waals surface area contributed by atoms with Gasteiger partial charge in [-0.3, -0.25) is 4.79 Å². The smallest absolute Gasteiger partial charge is 0.310 e. The molecule has 1 rings (SSSR count). The summed E-state index contributed by atoms with van der Waals surface area (Å²) in [7, 11) is 1.60. The van der Waals surface area contributed by atoms with E-state index in [1.807, 2.05) is 19.1 Å². The molecule has 0 aliphatic carbocycles. The maximum atomic E-state index is 11.1. The molecule has 17 heavy (non-hydrogen) atoms. The standard InChI is InChI=1S/C14H20O3/c1-8(2)11-7-6-9(3)12(13(11)17-5)10(4)14(15)16/h6-8,10H,1-5H3,(H,15,16). The maximum Gasteiger partial charge on any atom is 0.310 e. The number of benzene rings is 1. The summed E-state index contributed by atoms with van der Waals surface area (Å²) >= 11 is 0. The lowest BCUT2D eigenvalue weighted by atomic mass is 9.89. The Morgan fingerprint density at radius 3 is 2.29 bits per heavy atom. The highest BCUT2D eigenvalue weighted by molar-refractivity contribution is 5.77. The molecule has 0 amide bonds. The third-order valence-electron chi connectivity index (χ3n) is 3.07. The van der Waals surface area contributed by atoms with Gasteiger partial charge in [-0.25, -0.2) is 0 Å². The van der Waals surface area contributed by atoms with Crippen molar-refractivity contribution in [1.29, 1.82) is 0 Å². The SMILES string of the molecule is COc1c(C(C)C)ccc(C)c1C(C)C(=O)O. The first-order valence-corrected chi connectivity index (χ1v) is 5.80. The van der Waals surface area contributed by atoms with E-state index in [-0.39, 0.29) is 0 Å². The molecule has 1 atom stereocenters. The predicted molar refractivity (Wildman–Crippen MR) is 67.9 cm³/mol. The van der Waals surface area contributed by atoms with Crippen LogP contribution in [0.5, 0.6) is 5.75 Å². The second kappa shape index (κ2) is 5.21. The molecule has 0 saturated carbocycles. The lowest BCUT2D eigenvalue weighted by Crippen LogP contribution is -2.12. The molecule has 1 aromatic carbocycles. The number of hydrogen-bond donors (Lipinski definition) is 1. The van der Waals surface area contributed by atoms with Crippen molar-refractivity contribution in [3.8, 4) is 5.75 Å². The Morgan fingerprint density at radius 1 is 1.29 bits per heavy atom. The van der Waals surface area contributed by atoms with Crippen molar-refractivity contribution in [2.75, 3.05) is 7.11 Å². The second-order valence-corrected chi connectivity index (χ2v) is 4.63. The van der Waals surface area contributed by atoms with Crippen LogP contribution in [0.2, 0.25) is 0 Å². The molecule has 0 aromatic heterocycles. The summed E-state index contributed by atoms with van der Waals surface area (Å²) in [5.41, 5.74) is 2.80. The minimum absolute atomic E-state index is 0.310. The van der Waals surface area contributed by atoms with Crippen molar-refractivity contribution in [2.24, 2.45) is 0 Å². The zero-order valence-electron chi connectivity index (χ0n) is 11.1. The van der Waals surface area contributed by atoms with E-state index in [0.717, 1.165) is 22.4 Å². The van der Waals surface area contributed by atoms with Gasteiger partial charge in [-0.2, -0.15) is 0 Å². The van der Waals surface area contributed by atoms with Gasteiger partial charge in [0.25, 0.3) is 0 Å². The summed E-state index contributed by atoms with van der Waals surface area (Å²) in [6, 6.07) is 3.98. The second-order valence-electron chi connectivity index (χ2n) is 4.63. The molecule has 0 saturated heterocycles. The molecular weight excluding hydrogens is 216 g/mol. The molecule has 3 heteroatoms. The summed E-state index contributed by atoms with van der Waals surface area (Å²) in [5, 5.41) is 9.15. The van der Waals surface area contributed by atoms with E-state index in [2.05, 4.69) is 13.8 Å². The summed E-state index contributed by atoms with van der Waals surface area (Å²) in [5.74, 6) is -0.351. The first-order chi connectivity index (χ1) is 7.90. The molecule has 0 radical (unpaired) electrons. The molecule has 0 heterocycles. The van der Waals surface area contributed by atoms with E-state index >= 15 is 0 Å². The van der Waals surface area contributed by atoms with Gasteiger partial charge < -0.3 is 9.84 Å². The van der Waals surface area contributed by atoms with E-state index < -0.39 is 11.9 Å². The van der Waals surface area contributed by atoms with Crippen LogP contribution in [-0.4, -0.2) is 18.2 Å². The Morgan fingerprint density at radius 2 is 1.88 bits per heavy atom. The van der Waals surface area contributed by atoms with E-state index in [4.69, 9.17) is 9.84 Å². The maximum absolute atomic E-state index is 11.1. The van der Waals surface area contributed by atoms with Crippen LogP contribution in [0.1, 0.15) is 49.3 Å². The number of methoxy groups -OCH3 is 1. The molecule has 0 spiro atoms. The van der Waals surface area contributed by atoms with Crippen LogP contribution in [0.4, 0.5) is 0 Å². The van der Waals surface area contributed by atoms with Crippen LogP contribution in [0, 0.1) is 6.92 Å². The zero-order chi connectivity index (χ0) is 13.2. The van der Waals surface area contributed by atoms with Crippen LogP contribution in [-0.2, 0) is 4.79 Å². The average Bonchev–Trinajstić information content (AvgIpc) is 2.26. The Kier molecular flexibility index (Phi) is 4.16. The molecule has 1 aromatic rings. The highest BCUT2D eigenvalue weighted by Crippen LogP contribution is 2.36. The Balaban J connectivity index is 3.45. The molecule has 1 unspecified atom stereocenters. The minimum atomic E-state index is -0.827. The largest absolute Gasteiger partial charge is 0.496 e. The van der Waals surface area contributed by atoms with Gasteiger partial charge in [-0.1, -0.05) is 26.0 Å². The predicted octanol–water partition coefficient (Wildman–Crippen LogP) is 3.32. The third kappa shape index (κ3) is 2.60. The summed E-state index contributed by atoms with van der Waals surface area (Å²) < 4.78 is 5.43. The Labute approximate surface area is 102 Å². The van der Waals surface area contributed by atoms with Crippen molar-refractivity contribution in [3.05, 3.63) is 28.8 Å². The van der Waals surface area contributed by atoms with Gasteiger partial charge in [0, 0.05) is 5.56 Å².